The zero-order valence-corrected chi connectivity index (χ0v) is 15.0. The fourth-order valence-corrected chi connectivity index (χ4v) is 2.23. The summed E-state index contributed by atoms with van der Waals surface area (Å²) >= 11 is 0. The van der Waals surface area contributed by atoms with Crippen LogP contribution >= 0.6 is 0 Å². The summed E-state index contributed by atoms with van der Waals surface area (Å²) in [7, 11) is 0. The molecule has 0 aromatic heterocycles. The van der Waals surface area contributed by atoms with Gasteiger partial charge in [0.05, 0.1) is 11.4 Å². The van der Waals surface area contributed by atoms with Crippen molar-refractivity contribution in [2.24, 2.45) is 9.98 Å². The minimum absolute atomic E-state index is 0.112. The smallest absolute Gasteiger partial charge is 0.265 e. The minimum atomic E-state index is -0.112. The molecule has 1 N–H and O–H groups in total. The minimum Gasteiger partial charge on any atom is -0.348 e. The van der Waals surface area contributed by atoms with Crippen molar-refractivity contribution in [1.82, 2.24) is 5.32 Å². The molecule has 22 heavy (non-hydrogen) atoms. The van der Waals surface area contributed by atoms with Gasteiger partial charge in [0.25, 0.3) is 5.91 Å². The standard InChI is InChI=1S/C18H31N3O/c1-8-11-16(12-9-2)21-18(22)15(7)20-17(13(4)5)14(6)19-10-3/h10,16H,4,8-9,11-12H2,1-3,5-7H3,(H,21,22)/b17-14+,19-10-,20-15+. The fraction of sp³-hybridized carbons (Fsp3) is 0.611. The van der Waals surface area contributed by atoms with E-state index in [2.05, 4.69) is 35.7 Å². The third-order valence-corrected chi connectivity index (χ3v) is 3.29. The third-order valence-electron chi connectivity index (χ3n) is 3.29. The first-order valence-electron chi connectivity index (χ1n) is 8.08. The number of aliphatic imine (C=N–C) groups is 2. The Bertz CT molecular complexity index is 467. The van der Waals surface area contributed by atoms with Gasteiger partial charge in [0, 0.05) is 12.3 Å². The average molecular weight is 305 g/mol. The van der Waals surface area contributed by atoms with Crippen molar-refractivity contribution < 1.29 is 4.79 Å². The molecule has 0 radical (unpaired) electrons. The Morgan fingerprint density at radius 1 is 1.18 bits per heavy atom. The highest BCUT2D eigenvalue weighted by molar-refractivity contribution is 6.38. The Kier molecular flexibility index (Phi) is 10.1. The predicted octanol–water partition coefficient (Wildman–Crippen LogP) is 4.43. The van der Waals surface area contributed by atoms with Gasteiger partial charge < -0.3 is 5.32 Å². The van der Waals surface area contributed by atoms with E-state index < -0.39 is 0 Å². The highest BCUT2D eigenvalue weighted by Crippen LogP contribution is 2.16. The Hall–Kier alpha value is -1.71. The van der Waals surface area contributed by atoms with Gasteiger partial charge in [-0.05, 0) is 46.1 Å². The van der Waals surface area contributed by atoms with Gasteiger partial charge in [0.15, 0.2) is 0 Å². The Morgan fingerprint density at radius 3 is 2.14 bits per heavy atom. The SMILES string of the molecule is C=C(C)C(/N=C(\C)C(=O)NC(CCC)CCC)=C(C)\N=C/C. The molecule has 0 aliphatic rings. The maximum atomic E-state index is 12.3. The molecule has 0 aliphatic heterocycles. The van der Waals surface area contributed by atoms with Crippen LogP contribution in [0.5, 0.6) is 0 Å². The van der Waals surface area contributed by atoms with Crippen molar-refractivity contribution in [3.63, 3.8) is 0 Å². The summed E-state index contributed by atoms with van der Waals surface area (Å²) in [6.45, 7) is 15.5. The van der Waals surface area contributed by atoms with E-state index in [1.54, 1.807) is 13.1 Å². The predicted molar refractivity (Wildman–Crippen MR) is 96.5 cm³/mol. The number of hydrogen-bond donors (Lipinski definition) is 1. The lowest BCUT2D eigenvalue weighted by molar-refractivity contribution is -0.115. The Labute approximate surface area is 135 Å². The number of allylic oxidation sites excluding steroid dienone is 2. The van der Waals surface area contributed by atoms with E-state index in [0.717, 1.165) is 37.0 Å². The van der Waals surface area contributed by atoms with Crippen molar-refractivity contribution in [3.05, 3.63) is 23.5 Å². The molecule has 0 aliphatic carbocycles. The van der Waals surface area contributed by atoms with Crippen LogP contribution in [0.2, 0.25) is 0 Å². The summed E-state index contributed by atoms with van der Waals surface area (Å²) in [5, 5.41) is 3.07. The second-order valence-corrected chi connectivity index (χ2v) is 5.55. The third kappa shape index (κ3) is 7.34. The van der Waals surface area contributed by atoms with Crippen molar-refractivity contribution in [2.75, 3.05) is 0 Å². The zero-order valence-electron chi connectivity index (χ0n) is 15.0. The molecule has 0 aromatic rings. The van der Waals surface area contributed by atoms with Gasteiger partial charge in [-0.3, -0.25) is 9.79 Å². The number of hydrogen-bond acceptors (Lipinski definition) is 3. The molecule has 0 fully saturated rings. The first-order chi connectivity index (χ1) is 10.4. The van der Waals surface area contributed by atoms with E-state index in [9.17, 15) is 4.79 Å². The lowest BCUT2D eigenvalue weighted by Crippen LogP contribution is -2.38. The highest BCUT2D eigenvalue weighted by Gasteiger charge is 2.14. The number of rotatable bonds is 9. The molecule has 0 saturated heterocycles. The molecule has 0 aromatic carbocycles. The van der Waals surface area contributed by atoms with E-state index in [1.807, 2.05) is 20.8 Å². The Balaban J connectivity index is 5.19. The van der Waals surface area contributed by atoms with Crippen LogP contribution < -0.4 is 5.32 Å². The van der Waals surface area contributed by atoms with Gasteiger partial charge in [-0.15, -0.1) is 0 Å². The molecule has 0 atom stereocenters. The second kappa shape index (κ2) is 10.9. The first kappa shape index (κ1) is 20.3. The van der Waals surface area contributed by atoms with Crippen molar-refractivity contribution >= 4 is 17.8 Å². The van der Waals surface area contributed by atoms with Gasteiger partial charge in [-0.2, -0.15) is 0 Å². The van der Waals surface area contributed by atoms with Crippen LogP contribution in [0.3, 0.4) is 0 Å². The molecule has 0 spiro atoms. The van der Waals surface area contributed by atoms with Gasteiger partial charge in [0.2, 0.25) is 0 Å². The van der Waals surface area contributed by atoms with Crippen molar-refractivity contribution in [3.8, 4) is 0 Å². The van der Waals surface area contributed by atoms with Gasteiger partial charge >= 0.3 is 0 Å². The second-order valence-electron chi connectivity index (χ2n) is 5.55. The summed E-state index contributed by atoms with van der Waals surface area (Å²) in [5.41, 5.74) is 2.68. The quantitative estimate of drug-likeness (QED) is 0.497. The molecule has 1 amide bonds. The molecule has 0 saturated carbocycles. The normalized spacial score (nSPS) is 13.5. The number of carbonyl (C=O) groups is 1. The molecule has 4 nitrogen and oxygen atoms in total. The molecular weight excluding hydrogens is 274 g/mol. The maximum absolute atomic E-state index is 12.3. The number of nitrogens with zero attached hydrogens (tertiary/aromatic N) is 2. The van der Waals surface area contributed by atoms with E-state index >= 15 is 0 Å². The van der Waals surface area contributed by atoms with E-state index in [-0.39, 0.29) is 11.9 Å². The maximum Gasteiger partial charge on any atom is 0.265 e. The van der Waals surface area contributed by atoms with E-state index in [4.69, 9.17) is 0 Å². The average Bonchev–Trinajstić information content (AvgIpc) is 2.44. The highest BCUT2D eigenvalue weighted by atomic mass is 16.1. The monoisotopic (exact) mass is 305 g/mol. The van der Waals surface area contributed by atoms with Crippen LogP contribution in [-0.2, 0) is 4.79 Å². The van der Waals surface area contributed by atoms with Crippen LogP contribution in [0, 0.1) is 0 Å². The van der Waals surface area contributed by atoms with E-state index in [0.29, 0.717) is 11.4 Å². The molecule has 4 heteroatoms. The largest absolute Gasteiger partial charge is 0.348 e. The summed E-state index contributed by atoms with van der Waals surface area (Å²) in [4.78, 5) is 21.0. The van der Waals surface area contributed by atoms with Crippen LogP contribution in [0.15, 0.2) is 33.5 Å². The molecule has 0 heterocycles. The summed E-state index contributed by atoms with van der Waals surface area (Å²) in [5.74, 6) is -0.112. The summed E-state index contributed by atoms with van der Waals surface area (Å²) < 4.78 is 0. The van der Waals surface area contributed by atoms with Crippen LogP contribution in [0.1, 0.15) is 67.2 Å². The molecule has 0 rings (SSSR count). The van der Waals surface area contributed by atoms with Crippen molar-refractivity contribution in [2.45, 2.75) is 73.3 Å². The molecule has 0 unspecified atom stereocenters. The number of amides is 1. The van der Waals surface area contributed by atoms with Gasteiger partial charge in [-0.25, -0.2) is 4.99 Å². The van der Waals surface area contributed by atoms with Crippen molar-refractivity contribution in [1.29, 1.82) is 0 Å². The molecule has 0 bridgehead atoms. The lowest BCUT2D eigenvalue weighted by atomic mass is 10.1. The number of carbonyl (C=O) groups excluding carboxylic acids is 1. The Morgan fingerprint density at radius 2 is 1.73 bits per heavy atom. The summed E-state index contributed by atoms with van der Waals surface area (Å²) in [6.07, 6.45) is 5.82. The van der Waals surface area contributed by atoms with Crippen LogP contribution in [-0.4, -0.2) is 23.9 Å². The number of nitrogens with one attached hydrogen (secondary N) is 1. The fourth-order valence-electron chi connectivity index (χ4n) is 2.23. The molecule has 124 valence electrons. The summed E-state index contributed by atoms with van der Waals surface area (Å²) in [6, 6.07) is 0.222. The van der Waals surface area contributed by atoms with Crippen LogP contribution in [0.4, 0.5) is 0 Å². The van der Waals surface area contributed by atoms with Gasteiger partial charge in [0.1, 0.15) is 5.71 Å². The lowest BCUT2D eigenvalue weighted by Gasteiger charge is -2.17. The zero-order chi connectivity index (χ0) is 17.1. The topological polar surface area (TPSA) is 53.8 Å². The first-order valence-corrected chi connectivity index (χ1v) is 8.08. The molecular formula is C18H31N3O. The van der Waals surface area contributed by atoms with E-state index in [1.165, 1.54) is 0 Å². The van der Waals surface area contributed by atoms with Crippen LogP contribution in [0.25, 0.3) is 0 Å². The van der Waals surface area contributed by atoms with Gasteiger partial charge in [-0.1, -0.05) is 33.3 Å².